The molecule has 0 fully saturated rings. The molecule has 1 heterocycles. The average Bonchev–Trinajstić information content (AvgIpc) is 2.72. The summed E-state index contributed by atoms with van der Waals surface area (Å²) in [6.07, 6.45) is -0.0821. The molecule has 1 aliphatic heterocycles. The van der Waals surface area contributed by atoms with E-state index in [4.69, 9.17) is 21.8 Å². The average molecular weight is 392 g/mol. The van der Waals surface area contributed by atoms with Gasteiger partial charge >= 0.3 is 0 Å². The van der Waals surface area contributed by atoms with Gasteiger partial charge in [-0.2, -0.15) is 5.26 Å². The topological polar surface area (TPSA) is 39.5 Å². The van der Waals surface area contributed by atoms with Gasteiger partial charge in [0.2, 0.25) is 0 Å². The number of fused-ring (bicyclic) bond motifs is 2. The van der Waals surface area contributed by atoms with Gasteiger partial charge in [-0.25, -0.2) is 4.42 Å². The Labute approximate surface area is 170 Å². The van der Waals surface area contributed by atoms with Gasteiger partial charge in [-0.1, -0.05) is 42.5 Å². The number of anilines is 1. The summed E-state index contributed by atoms with van der Waals surface area (Å²) in [6.45, 7) is 3.43. The third-order valence-electron chi connectivity index (χ3n) is 5.34. The fraction of sp³-hybridized carbons (Fsp3) is 0.261. The van der Waals surface area contributed by atoms with Gasteiger partial charge in [0.25, 0.3) is 0 Å². The zero-order valence-corrected chi connectivity index (χ0v) is 16.7. The quantitative estimate of drug-likeness (QED) is 0.578. The molecule has 28 heavy (non-hydrogen) atoms. The van der Waals surface area contributed by atoms with Crippen molar-refractivity contribution < 1.29 is 4.74 Å². The van der Waals surface area contributed by atoms with E-state index in [1.165, 1.54) is 16.3 Å². The maximum Gasteiger partial charge on any atom is 0.144 e. The molecule has 0 aliphatic carbocycles. The minimum Gasteiger partial charge on any atom is -0.485 e. The van der Waals surface area contributed by atoms with Crippen LogP contribution in [0.15, 0.2) is 60.7 Å². The molecular formula is C23H22ClN3O. The van der Waals surface area contributed by atoms with E-state index in [-0.39, 0.29) is 12.1 Å². The van der Waals surface area contributed by atoms with Crippen LogP contribution in [0, 0.1) is 11.3 Å². The predicted molar refractivity (Wildman–Crippen MR) is 114 cm³/mol. The molecule has 5 heteroatoms. The molecule has 0 spiro atoms. The Bertz CT molecular complexity index is 1040. The van der Waals surface area contributed by atoms with Crippen molar-refractivity contribution in [1.29, 1.82) is 5.26 Å². The first-order chi connectivity index (χ1) is 13.6. The first kappa shape index (κ1) is 18.6. The number of rotatable bonds is 4. The number of nitrogens with zero attached hydrogens (tertiary/aromatic N) is 3. The summed E-state index contributed by atoms with van der Waals surface area (Å²) in [6, 6.07) is 22.4. The molecule has 1 aliphatic rings. The third kappa shape index (κ3) is 3.52. The Hall–Kier alpha value is -2.74. The largest absolute Gasteiger partial charge is 0.485 e. The van der Waals surface area contributed by atoms with Crippen LogP contribution in [0.4, 0.5) is 5.69 Å². The number of hydrogen-bond acceptors (Lipinski definition) is 4. The molecule has 0 aromatic heterocycles. The van der Waals surface area contributed by atoms with Gasteiger partial charge in [0, 0.05) is 19.2 Å². The lowest BCUT2D eigenvalue weighted by molar-refractivity contribution is 0.155. The van der Waals surface area contributed by atoms with Crippen LogP contribution in [-0.4, -0.2) is 30.7 Å². The van der Waals surface area contributed by atoms with E-state index in [9.17, 15) is 0 Å². The van der Waals surface area contributed by atoms with Crippen molar-refractivity contribution >= 4 is 28.2 Å². The molecule has 2 atom stereocenters. The third-order valence-corrected chi connectivity index (χ3v) is 5.77. The summed E-state index contributed by atoms with van der Waals surface area (Å²) in [4.78, 5) is 2.15. The Morgan fingerprint density at radius 2 is 2.00 bits per heavy atom. The van der Waals surface area contributed by atoms with Crippen molar-refractivity contribution in [2.75, 3.05) is 25.0 Å². The Kier molecular flexibility index (Phi) is 5.13. The van der Waals surface area contributed by atoms with Crippen LogP contribution in [0.2, 0.25) is 0 Å². The summed E-state index contributed by atoms with van der Waals surface area (Å²) in [5.74, 6) is 0.737. The Morgan fingerprint density at radius 3 is 2.82 bits per heavy atom. The number of hydrogen-bond donors (Lipinski definition) is 0. The van der Waals surface area contributed by atoms with Crippen LogP contribution < -0.4 is 9.64 Å². The molecule has 142 valence electrons. The maximum atomic E-state index is 9.15. The summed E-state index contributed by atoms with van der Waals surface area (Å²) >= 11 is 6.72. The minimum absolute atomic E-state index is 0.0357. The molecule has 0 amide bonds. The van der Waals surface area contributed by atoms with Crippen LogP contribution >= 0.6 is 11.8 Å². The van der Waals surface area contributed by atoms with Crippen molar-refractivity contribution in [3.63, 3.8) is 0 Å². The van der Waals surface area contributed by atoms with Crippen LogP contribution in [0.5, 0.6) is 5.75 Å². The molecule has 0 N–H and O–H groups in total. The Balaban J connectivity index is 1.53. The van der Waals surface area contributed by atoms with Gasteiger partial charge in [-0.15, -0.1) is 0 Å². The summed E-state index contributed by atoms with van der Waals surface area (Å²) in [5, 5.41) is 11.6. The Morgan fingerprint density at radius 1 is 1.21 bits per heavy atom. The van der Waals surface area contributed by atoms with E-state index in [1.54, 1.807) is 6.07 Å². The second-order valence-electron chi connectivity index (χ2n) is 7.24. The smallest absolute Gasteiger partial charge is 0.144 e. The highest BCUT2D eigenvalue weighted by Gasteiger charge is 2.27. The van der Waals surface area contributed by atoms with Crippen molar-refractivity contribution in [3.05, 3.63) is 71.8 Å². The molecular weight excluding hydrogens is 370 g/mol. The number of halogens is 1. The molecule has 4 rings (SSSR count). The van der Waals surface area contributed by atoms with Crippen LogP contribution in [0.1, 0.15) is 24.1 Å². The van der Waals surface area contributed by atoms with E-state index in [1.807, 2.05) is 29.7 Å². The van der Waals surface area contributed by atoms with E-state index in [0.717, 1.165) is 18.0 Å². The standard InChI is InChI=1S/C23H22ClN3O/c1-16(20-9-5-7-18-6-3-4-8-21(18)20)27(24)15-19-14-26(2)22-11-10-17(13-25)12-23(22)28-19/h3-12,16,19H,14-15H2,1-2H3/t16-,19?/m1/s1. The van der Waals surface area contributed by atoms with Gasteiger partial charge < -0.3 is 9.64 Å². The normalized spacial score (nSPS) is 17.1. The van der Waals surface area contributed by atoms with E-state index >= 15 is 0 Å². The fourth-order valence-corrected chi connectivity index (χ4v) is 4.09. The zero-order valence-electron chi connectivity index (χ0n) is 16.0. The molecule has 0 saturated carbocycles. The molecule has 0 radical (unpaired) electrons. The zero-order chi connectivity index (χ0) is 19.7. The highest BCUT2D eigenvalue weighted by molar-refractivity contribution is 6.13. The maximum absolute atomic E-state index is 9.15. The van der Waals surface area contributed by atoms with Crippen LogP contribution in [0.25, 0.3) is 10.8 Å². The van der Waals surface area contributed by atoms with Crippen molar-refractivity contribution in [1.82, 2.24) is 4.42 Å². The lowest BCUT2D eigenvalue weighted by atomic mass is 9.99. The number of ether oxygens (including phenoxy) is 1. The number of likely N-dealkylation sites (N-methyl/N-ethyl adjacent to an activating group) is 1. The predicted octanol–water partition coefficient (Wildman–Crippen LogP) is 5.13. The first-order valence-electron chi connectivity index (χ1n) is 9.39. The number of benzene rings is 3. The first-order valence-corrected chi connectivity index (χ1v) is 9.72. The lowest BCUT2D eigenvalue weighted by Gasteiger charge is -2.36. The van der Waals surface area contributed by atoms with Crippen molar-refractivity contribution in [3.8, 4) is 11.8 Å². The van der Waals surface area contributed by atoms with Crippen LogP contribution in [0.3, 0.4) is 0 Å². The summed E-state index contributed by atoms with van der Waals surface area (Å²) < 4.78 is 7.99. The second kappa shape index (κ2) is 7.71. The van der Waals surface area contributed by atoms with Gasteiger partial charge in [-0.05, 0) is 47.2 Å². The SMILES string of the molecule is C[C@H](c1cccc2ccccc12)N(Cl)CC1CN(C)c2ccc(C#N)cc2O1. The second-order valence-corrected chi connectivity index (χ2v) is 7.68. The molecule has 1 unspecified atom stereocenters. The van der Waals surface area contributed by atoms with Gasteiger partial charge in [0.15, 0.2) is 0 Å². The van der Waals surface area contributed by atoms with Crippen molar-refractivity contribution in [2.24, 2.45) is 0 Å². The van der Waals surface area contributed by atoms with Crippen molar-refractivity contribution in [2.45, 2.75) is 19.1 Å². The molecule has 3 aromatic rings. The minimum atomic E-state index is -0.0821. The number of nitriles is 1. The monoisotopic (exact) mass is 391 g/mol. The highest BCUT2D eigenvalue weighted by atomic mass is 35.5. The van der Waals surface area contributed by atoms with Gasteiger partial charge in [-0.3, -0.25) is 0 Å². The molecule has 4 nitrogen and oxygen atoms in total. The van der Waals surface area contributed by atoms with Gasteiger partial charge in [0.05, 0.1) is 30.4 Å². The molecule has 0 saturated heterocycles. The van der Waals surface area contributed by atoms with E-state index < -0.39 is 0 Å². The summed E-state index contributed by atoms with van der Waals surface area (Å²) in [7, 11) is 2.03. The van der Waals surface area contributed by atoms with E-state index in [0.29, 0.717) is 12.1 Å². The fourth-order valence-electron chi connectivity index (χ4n) is 3.83. The lowest BCUT2D eigenvalue weighted by Crippen LogP contribution is -2.43. The highest BCUT2D eigenvalue weighted by Crippen LogP contribution is 2.35. The molecule has 3 aromatic carbocycles. The van der Waals surface area contributed by atoms with Crippen LogP contribution in [-0.2, 0) is 0 Å². The van der Waals surface area contributed by atoms with E-state index in [2.05, 4.69) is 54.3 Å². The van der Waals surface area contributed by atoms with Gasteiger partial charge in [0.1, 0.15) is 11.9 Å². The molecule has 0 bridgehead atoms. The summed E-state index contributed by atoms with van der Waals surface area (Å²) in [5.41, 5.74) is 2.79.